The van der Waals surface area contributed by atoms with Gasteiger partial charge in [-0.1, -0.05) is 0 Å². The molecule has 1 fully saturated rings. The molecule has 0 bridgehead atoms. The van der Waals surface area contributed by atoms with Crippen LogP contribution < -0.4 is 14.8 Å². The molecule has 1 unspecified atom stereocenters. The first-order valence-corrected chi connectivity index (χ1v) is 6.96. The largest absolute Gasteiger partial charge is 0.497 e. The van der Waals surface area contributed by atoms with E-state index in [9.17, 15) is 0 Å². The van der Waals surface area contributed by atoms with Gasteiger partial charge in [-0.3, -0.25) is 0 Å². The lowest BCUT2D eigenvalue weighted by Crippen LogP contribution is -2.38. The molecule has 1 atom stereocenters. The quantitative estimate of drug-likeness (QED) is 0.916. The van der Waals surface area contributed by atoms with Crippen molar-refractivity contribution in [3.05, 3.63) is 18.2 Å². The Hall–Kier alpha value is -1.42. The average molecular weight is 279 g/mol. The van der Waals surface area contributed by atoms with Gasteiger partial charge in [0.25, 0.3) is 0 Å². The Balaban J connectivity index is 2.25. The molecule has 4 nitrogen and oxygen atoms in total. The first-order valence-electron chi connectivity index (χ1n) is 6.96. The lowest BCUT2D eigenvalue weighted by molar-refractivity contribution is -0.0662. The van der Waals surface area contributed by atoms with E-state index in [-0.39, 0.29) is 17.2 Å². The number of benzene rings is 1. The van der Waals surface area contributed by atoms with Gasteiger partial charge in [0.15, 0.2) is 0 Å². The van der Waals surface area contributed by atoms with Crippen molar-refractivity contribution >= 4 is 5.69 Å². The number of rotatable bonds is 4. The molecule has 1 heterocycles. The number of hydrogen-bond acceptors (Lipinski definition) is 4. The van der Waals surface area contributed by atoms with Crippen molar-refractivity contribution in [1.82, 2.24) is 0 Å². The SMILES string of the molecule is COc1ccc(OC)c(NC2CC(C)(C)OC2(C)C)c1. The summed E-state index contributed by atoms with van der Waals surface area (Å²) in [5.41, 5.74) is 0.594. The summed E-state index contributed by atoms with van der Waals surface area (Å²) in [6, 6.07) is 5.98. The zero-order chi connectivity index (χ0) is 15.0. The summed E-state index contributed by atoms with van der Waals surface area (Å²) in [4.78, 5) is 0. The second-order valence-corrected chi connectivity index (χ2v) is 6.43. The fraction of sp³-hybridized carbons (Fsp3) is 0.625. The van der Waals surface area contributed by atoms with Crippen molar-refractivity contribution in [1.29, 1.82) is 0 Å². The molecule has 0 saturated carbocycles. The lowest BCUT2D eigenvalue weighted by atomic mass is 9.94. The lowest BCUT2D eigenvalue weighted by Gasteiger charge is -2.29. The van der Waals surface area contributed by atoms with Gasteiger partial charge in [-0.05, 0) is 46.2 Å². The van der Waals surface area contributed by atoms with Crippen LogP contribution in [-0.4, -0.2) is 31.5 Å². The van der Waals surface area contributed by atoms with E-state index in [2.05, 4.69) is 33.0 Å². The molecule has 1 aliphatic heterocycles. The normalized spacial score (nSPS) is 23.4. The molecule has 0 radical (unpaired) electrons. The summed E-state index contributed by atoms with van der Waals surface area (Å²) in [6.07, 6.45) is 0.945. The zero-order valence-electron chi connectivity index (χ0n) is 13.2. The summed E-state index contributed by atoms with van der Waals surface area (Å²) >= 11 is 0. The zero-order valence-corrected chi connectivity index (χ0v) is 13.2. The summed E-state index contributed by atoms with van der Waals surface area (Å²) < 4.78 is 16.8. The van der Waals surface area contributed by atoms with Crippen LogP contribution in [0, 0.1) is 0 Å². The summed E-state index contributed by atoms with van der Waals surface area (Å²) in [7, 11) is 3.34. The van der Waals surface area contributed by atoms with Crippen molar-refractivity contribution in [2.75, 3.05) is 19.5 Å². The highest BCUT2D eigenvalue weighted by Crippen LogP contribution is 2.40. The molecule has 20 heavy (non-hydrogen) atoms. The minimum Gasteiger partial charge on any atom is -0.497 e. The van der Waals surface area contributed by atoms with Gasteiger partial charge in [0.1, 0.15) is 11.5 Å². The molecule has 4 heteroatoms. The van der Waals surface area contributed by atoms with Crippen LogP contribution in [0.1, 0.15) is 34.1 Å². The number of ether oxygens (including phenoxy) is 3. The highest BCUT2D eigenvalue weighted by atomic mass is 16.5. The smallest absolute Gasteiger partial charge is 0.142 e. The molecule has 0 aromatic heterocycles. The number of nitrogens with one attached hydrogen (secondary N) is 1. The van der Waals surface area contributed by atoms with Crippen molar-refractivity contribution < 1.29 is 14.2 Å². The summed E-state index contributed by atoms with van der Waals surface area (Å²) in [5, 5.41) is 3.55. The van der Waals surface area contributed by atoms with Gasteiger partial charge in [0.2, 0.25) is 0 Å². The van der Waals surface area contributed by atoms with Gasteiger partial charge < -0.3 is 19.5 Å². The average Bonchev–Trinajstić information content (AvgIpc) is 2.57. The summed E-state index contributed by atoms with van der Waals surface area (Å²) in [6.45, 7) is 8.48. The molecule has 0 aliphatic carbocycles. The van der Waals surface area contributed by atoms with Crippen LogP contribution in [0.25, 0.3) is 0 Å². The molecule has 0 spiro atoms. The maximum Gasteiger partial charge on any atom is 0.142 e. The molecule has 1 saturated heterocycles. The third-order valence-corrected chi connectivity index (χ3v) is 3.81. The number of anilines is 1. The van der Waals surface area contributed by atoms with Crippen LogP contribution in [0.15, 0.2) is 18.2 Å². The Morgan fingerprint density at radius 3 is 2.35 bits per heavy atom. The van der Waals surface area contributed by atoms with E-state index in [1.54, 1.807) is 14.2 Å². The first-order chi connectivity index (χ1) is 9.27. The Morgan fingerprint density at radius 2 is 1.85 bits per heavy atom. The van der Waals surface area contributed by atoms with Gasteiger partial charge >= 0.3 is 0 Å². The third-order valence-electron chi connectivity index (χ3n) is 3.81. The second-order valence-electron chi connectivity index (χ2n) is 6.43. The molecule has 1 aromatic carbocycles. The van der Waals surface area contributed by atoms with E-state index in [0.29, 0.717) is 0 Å². The fourth-order valence-electron chi connectivity index (χ4n) is 2.90. The standard InChI is InChI=1S/C16H25NO3/c1-15(2)10-14(16(3,4)20-15)17-12-9-11(18-5)7-8-13(12)19-6/h7-9,14,17H,10H2,1-6H3. The Bertz CT molecular complexity index is 483. The van der Waals surface area contributed by atoms with Crippen LogP contribution >= 0.6 is 0 Å². The molecule has 0 amide bonds. The Kier molecular flexibility index (Phi) is 3.87. The molecule has 1 aromatic rings. The third kappa shape index (κ3) is 3.01. The van der Waals surface area contributed by atoms with Crippen molar-refractivity contribution in [2.45, 2.75) is 51.4 Å². The van der Waals surface area contributed by atoms with Crippen molar-refractivity contribution in [3.8, 4) is 11.5 Å². The molecule has 2 rings (SSSR count). The Morgan fingerprint density at radius 1 is 1.15 bits per heavy atom. The van der Waals surface area contributed by atoms with E-state index >= 15 is 0 Å². The van der Waals surface area contributed by atoms with Gasteiger partial charge in [-0.15, -0.1) is 0 Å². The topological polar surface area (TPSA) is 39.7 Å². The maximum atomic E-state index is 6.12. The van der Waals surface area contributed by atoms with E-state index in [1.807, 2.05) is 18.2 Å². The second kappa shape index (κ2) is 5.17. The minimum absolute atomic E-state index is 0.118. The van der Waals surface area contributed by atoms with Crippen LogP contribution in [0.2, 0.25) is 0 Å². The molecular weight excluding hydrogens is 254 g/mol. The van der Waals surface area contributed by atoms with Crippen LogP contribution in [0.3, 0.4) is 0 Å². The van der Waals surface area contributed by atoms with Gasteiger partial charge in [-0.2, -0.15) is 0 Å². The van der Waals surface area contributed by atoms with Crippen molar-refractivity contribution in [2.24, 2.45) is 0 Å². The van der Waals surface area contributed by atoms with E-state index < -0.39 is 0 Å². The highest BCUT2D eigenvalue weighted by molar-refractivity contribution is 5.60. The van der Waals surface area contributed by atoms with Gasteiger partial charge in [-0.25, -0.2) is 0 Å². The highest BCUT2D eigenvalue weighted by Gasteiger charge is 2.46. The van der Waals surface area contributed by atoms with E-state index in [1.165, 1.54) is 0 Å². The van der Waals surface area contributed by atoms with Crippen LogP contribution in [0.5, 0.6) is 11.5 Å². The predicted octanol–water partition coefficient (Wildman–Crippen LogP) is 3.46. The van der Waals surface area contributed by atoms with Gasteiger partial charge in [0.05, 0.1) is 37.2 Å². The summed E-state index contributed by atoms with van der Waals surface area (Å²) in [5.74, 6) is 1.62. The predicted molar refractivity (Wildman–Crippen MR) is 80.8 cm³/mol. The van der Waals surface area contributed by atoms with Crippen molar-refractivity contribution in [3.63, 3.8) is 0 Å². The molecule has 1 N–H and O–H groups in total. The van der Waals surface area contributed by atoms with E-state index in [4.69, 9.17) is 14.2 Å². The fourth-order valence-corrected chi connectivity index (χ4v) is 2.90. The number of methoxy groups -OCH3 is 2. The molecule has 1 aliphatic rings. The van der Waals surface area contributed by atoms with E-state index in [0.717, 1.165) is 23.6 Å². The minimum atomic E-state index is -0.225. The maximum absolute atomic E-state index is 6.12. The first kappa shape index (κ1) is 15.0. The van der Waals surface area contributed by atoms with Crippen LogP contribution in [-0.2, 0) is 4.74 Å². The van der Waals surface area contributed by atoms with Crippen LogP contribution in [0.4, 0.5) is 5.69 Å². The molecular formula is C16H25NO3. The Labute approximate surface area is 121 Å². The number of hydrogen-bond donors (Lipinski definition) is 1. The molecule has 112 valence electrons. The van der Waals surface area contributed by atoms with Gasteiger partial charge in [0, 0.05) is 6.07 Å². The monoisotopic (exact) mass is 279 g/mol.